The van der Waals surface area contributed by atoms with E-state index in [1.807, 2.05) is 0 Å². The van der Waals surface area contributed by atoms with E-state index in [0.717, 1.165) is 0 Å². The van der Waals surface area contributed by atoms with Crippen molar-refractivity contribution in [3.05, 3.63) is 14.8 Å². The highest BCUT2D eigenvalue weighted by atomic mass is 79.9. The van der Waals surface area contributed by atoms with Crippen LogP contribution in [0.25, 0.3) is 0 Å². The zero-order chi connectivity index (χ0) is 15.7. The normalized spacial score (nSPS) is 29.4. The van der Waals surface area contributed by atoms with Crippen molar-refractivity contribution in [3.8, 4) is 0 Å². The summed E-state index contributed by atoms with van der Waals surface area (Å²) < 4.78 is 6.81. The molecule has 2 heterocycles. The molecule has 0 radical (unpaired) electrons. The van der Waals surface area contributed by atoms with Gasteiger partial charge < -0.3 is 25.4 Å². The van der Waals surface area contributed by atoms with E-state index in [-0.39, 0.29) is 22.5 Å². The highest BCUT2D eigenvalue weighted by Crippen LogP contribution is 2.23. The fourth-order valence-electron chi connectivity index (χ4n) is 1.90. The third-order valence-electron chi connectivity index (χ3n) is 3.16. The highest BCUT2D eigenvalue weighted by molar-refractivity contribution is 9.10. The van der Waals surface area contributed by atoms with Crippen LogP contribution in [-0.4, -0.2) is 62.3 Å². The third kappa shape index (κ3) is 3.25. The van der Waals surface area contributed by atoms with Crippen LogP contribution in [0.3, 0.4) is 0 Å². The van der Waals surface area contributed by atoms with Gasteiger partial charge in [0.2, 0.25) is 0 Å². The van der Waals surface area contributed by atoms with Crippen molar-refractivity contribution < 1.29 is 20.1 Å². The molecule has 0 aromatic carbocycles. The lowest BCUT2D eigenvalue weighted by Gasteiger charge is -2.35. The van der Waals surface area contributed by atoms with Gasteiger partial charge in [0.15, 0.2) is 17.2 Å². The lowest BCUT2D eigenvalue weighted by atomic mass is 10.0. The van der Waals surface area contributed by atoms with Crippen molar-refractivity contribution >= 4 is 33.5 Å². The smallest absolute Gasteiger partial charge is 0.270 e. The molecule has 1 aliphatic heterocycles. The van der Waals surface area contributed by atoms with E-state index in [0.29, 0.717) is 5.16 Å². The SMILES string of the molecule is CSc1nc(N[C@H]2OC[C@@H](O)[C@@H](O)[C@H]2O)c(Br)c(=O)n1C. The molecule has 4 N–H and O–H groups in total. The Morgan fingerprint density at radius 3 is 2.71 bits per heavy atom. The number of rotatable bonds is 3. The van der Waals surface area contributed by atoms with E-state index in [1.165, 1.54) is 16.3 Å². The van der Waals surface area contributed by atoms with Gasteiger partial charge in [0.05, 0.1) is 6.61 Å². The van der Waals surface area contributed by atoms with Crippen LogP contribution in [0.2, 0.25) is 0 Å². The largest absolute Gasteiger partial charge is 0.388 e. The van der Waals surface area contributed by atoms with Crippen LogP contribution in [0.4, 0.5) is 5.82 Å². The molecular weight excluding hydrogens is 366 g/mol. The Kier molecular flexibility index (Phi) is 5.28. The summed E-state index contributed by atoms with van der Waals surface area (Å²) in [5, 5.41) is 32.2. The maximum atomic E-state index is 12.0. The number of aliphatic hydroxyl groups is 3. The third-order valence-corrected chi connectivity index (χ3v) is 4.60. The van der Waals surface area contributed by atoms with E-state index in [2.05, 4.69) is 26.2 Å². The molecule has 1 aliphatic rings. The number of ether oxygens (including phenoxy) is 1. The highest BCUT2D eigenvalue weighted by Gasteiger charge is 2.38. The molecule has 0 unspecified atom stereocenters. The van der Waals surface area contributed by atoms with Gasteiger partial charge in [-0.05, 0) is 22.2 Å². The number of aromatic nitrogens is 2. The van der Waals surface area contributed by atoms with Gasteiger partial charge in [-0.2, -0.15) is 0 Å². The quantitative estimate of drug-likeness (QED) is 0.393. The van der Waals surface area contributed by atoms with Crippen LogP contribution in [0.15, 0.2) is 14.4 Å². The number of halogens is 1. The van der Waals surface area contributed by atoms with Crippen LogP contribution >= 0.6 is 27.7 Å². The topological polar surface area (TPSA) is 117 Å². The predicted octanol–water partition coefficient (Wildman–Crippen LogP) is -0.884. The van der Waals surface area contributed by atoms with Gasteiger partial charge >= 0.3 is 0 Å². The summed E-state index contributed by atoms with van der Waals surface area (Å²) in [6.07, 6.45) is -3.02. The second-order valence-electron chi connectivity index (χ2n) is 4.57. The van der Waals surface area contributed by atoms with Crippen molar-refractivity contribution in [3.63, 3.8) is 0 Å². The van der Waals surface area contributed by atoms with Crippen LogP contribution < -0.4 is 10.9 Å². The molecule has 1 aromatic rings. The zero-order valence-corrected chi connectivity index (χ0v) is 13.8. The number of anilines is 1. The molecule has 1 saturated heterocycles. The number of thioether (sulfide) groups is 1. The average molecular weight is 382 g/mol. The van der Waals surface area contributed by atoms with E-state index >= 15 is 0 Å². The second-order valence-corrected chi connectivity index (χ2v) is 6.14. The monoisotopic (exact) mass is 381 g/mol. The predicted molar refractivity (Wildman–Crippen MR) is 80.3 cm³/mol. The minimum absolute atomic E-state index is 0.131. The molecule has 4 atom stereocenters. The molecule has 0 spiro atoms. The molecule has 10 heteroatoms. The van der Waals surface area contributed by atoms with Gasteiger partial charge in [-0.3, -0.25) is 9.36 Å². The first-order valence-corrected chi connectivity index (χ1v) is 8.11. The molecule has 1 aromatic heterocycles. The Morgan fingerprint density at radius 2 is 2.10 bits per heavy atom. The Labute approximate surface area is 133 Å². The van der Waals surface area contributed by atoms with E-state index in [1.54, 1.807) is 13.3 Å². The van der Waals surface area contributed by atoms with E-state index < -0.39 is 24.5 Å². The first kappa shape index (κ1) is 16.7. The molecular formula is C11H16BrN3O5S. The first-order chi connectivity index (χ1) is 9.86. The summed E-state index contributed by atoms with van der Waals surface area (Å²) >= 11 is 4.45. The van der Waals surface area contributed by atoms with Gasteiger partial charge in [-0.1, -0.05) is 11.8 Å². The van der Waals surface area contributed by atoms with Crippen molar-refractivity contribution in [1.82, 2.24) is 9.55 Å². The second kappa shape index (κ2) is 6.63. The summed E-state index contributed by atoms with van der Waals surface area (Å²) in [6.45, 7) is -0.131. The zero-order valence-electron chi connectivity index (χ0n) is 11.4. The van der Waals surface area contributed by atoms with Gasteiger partial charge in [-0.25, -0.2) is 4.98 Å². The van der Waals surface area contributed by atoms with Gasteiger partial charge in [0.1, 0.15) is 22.8 Å². The lowest BCUT2D eigenvalue weighted by Crippen LogP contribution is -2.55. The van der Waals surface area contributed by atoms with Crippen molar-refractivity contribution in [2.24, 2.45) is 7.05 Å². The lowest BCUT2D eigenvalue weighted by molar-refractivity contribution is -0.178. The Hall–Kier alpha value is -0.650. The fraction of sp³-hybridized carbons (Fsp3) is 0.636. The summed E-state index contributed by atoms with van der Waals surface area (Å²) in [6, 6.07) is 0. The first-order valence-electron chi connectivity index (χ1n) is 6.09. The molecule has 118 valence electrons. The van der Waals surface area contributed by atoms with Crippen molar-refractivity contribution in [2.45, 2.75) is 29.7 Å². The van der Waals surface area contributed by atoms with E-state index in [9.17, 15) is 20.1 Å². The Bertz CT molecular complexity index is 584. The molecule has 21 heavy (non-hydrogen) atoms. The molecule has 1 fully saturated rings. The number of nitrogens with zero attached hydrogens (tertiary/aromatic N) is 2. The molecule has 2 rings (SSSR count). The summed E-state index contributed by atoms with van der Waals surface area (Å²) in [5.41, 5.74) is -0.289. The maximum Gasteiger partial charge on any atom is 0.270 e. The number of hydrogen-bond donors (Lipinski definition) is 4. The number of hydrogen-bond acceptors (Lipinski definition) is 8. The van der Waals surface area contributed by atoms with Gasteiger partial charge in [-0.15, -0.1) is 0 Å². The van der Waals surface area contributed by atoms with Crippen LogP contribution in [0.1, 0.15) is 0 Å². The molecule has 0 amide bonds. The maximum absolute atomic E-state index is 12.0. The molecule has 0 bridgehead atoms. The number of nitrogens with one attached hydrogen (secondary N) is 1. The fourth-order valence-corrected chi connectivity index (χ4v) is 2.91. The molecule has 0 aliphatic carbocycles. The standard InChI is InChI=1S/C11H16BrN3O5S/c1-15-10(19)5(12)8(14-11(15)21-2)13-9-7(18)6(17)4(16)3-20-9/h4,6-7,9,13,16-18H,3H2,1-2H3/t4-,6-,7-,9+/m1/s1. The summed E-state index contributed by atoms with van der Waals surface area (Å²) in [7, 11) is 1.60. The minimum atomic E-state index is -1.34. The van der Waals surface area contributed by atoms with Crippen LogP contribution in [-0.2, 0) is 11.8 Å². The Morgan fingerprint density at radius 1 is 1.43 bits per heavy atom. The Balaban J connectivity index is 2.28. The number of aliphatic hydroxyl groups excluding tert-OH is 3. The van der Waals surface area contributed by atoms with Gasteiger partial charge in [0.25, 0.3) is 5.56 Å². The van der Waals surface area contributed by atoms with Crippen LogP contribution in [0.5, 0.6) is 0 Å². The van der Waals surface area contributed by atoms with E-state index in [4.69, 9.17) is 4.74 Å². The average Bonchev–Trinajstić information content (AvgIpc) is 2.48. The van der Waals surface area contributed by atoms with Crippen molar-refractivity contribution in [1.29, 1.82) is 0 Å². The summed E-state index contributed by atoms with van der Waals surface area (Å²) in [4.78, 5) is 16.3. The summed E-state index contributed by atoms with van der Waals surface area (Å²) in [5.74, 6) is 0.204. The minimum Gasteiger partial charge on any atom is -0.388 e. The van der Waals surface area contributed by atoms with Crippen molar-refractivity contribution in [2.75, 3.05) is 18.2 Å². The molecule has 0 saturated carbocycles. The molecule has 8 nitrogen and oxygen atoms in total. The van der Waals surface area contributed by atoms with Gasteiger partial charge in [0, 0.05) is 7.05 Å². The van der Waals surface area contributed by atoms with Crippen LogP contribution in [0, 0.1) is 0 Å².